The van der Waals surface area contributed by atoms with E-state index in [1.165, 1.54) is 17.0 Å². The molecule has 120 valence electrons. The summed E-state index contributed by atoms with van der Waals surface area (Å²) in [5, 5.41) is 0.208. The molecule has 0 aliphatic carbocycles. The maximum atomic E-state index is 12.3. The number of amides is 1. The van der Waals surface area contributed by atoms with Gasteiger partial charge < -0.3 is 9.64 Å². The van der Waals surface area contributed by atoms with Gasteiger partial charge in [0.1, 0.15) is 5.15 Å². The van der Waals surface area contributed by atoms with Gasteiger partial charge in [-0.2, -0.15) is 0 Å². The van der Waals surface area contributed by atoms with Gasteiger partial charge in [0.25, 0.3) is 5.91 Å². The van der Waals surface area contributed by atoms with Gasteiger partial charge in [-0.3, -0.25) is 4.79 Å². The molecule has 0 saturated heterocycles. The van der Waals surface area contributed by atoms with Crippen LogP contribution in [0.2, 0.25) is 10.2 Å². The van der Waals surface area contributed by atoms with E-state index in [-0.39, 0.29) is 21.8 Å². The van der Waals surface area contributed by atoms with Gasteiger partial charge in [0, 0.05) is 19.7 Å². The number of carbonyl (C=O) groups excluding carboxylic acids is 2. The van der Waals surface area contributed by atoms with Crippen LogP contribution in [0.4, 0.5) is 0 Å². The van der Waals surface area contributed by atoms with Gasteiger partial charge in [-0.05, 0) is 12.1 Å². The molecule has 1 atom stereocenters. The average molecular weight is 353 g/mol. The Morgan fingerprint density at radius 2 is 1.74 bits per heavy atom. The minimum atomic E-state index is -1.09. The fourth-order valence-electron chi connectivity index (χ4n) is 1.85. The Bertz CT molecular complexity index is 721. The molecule has 2 aromatic rings. The van der Waals surface area contributed by atoms with Crippen molar-refractivity contribution in [1.29, 1.82) is 0 Å². The SMILES string of the molecule is CN(C)C(=O)[C@H](OC(=O)c1nc(Cl)ccc1Cl)c1ccccc1. The fraction of sp³-hybridized carbons (Fsp3) is 0.188. The summed E-state index contributed by atoms with van der Waals surface area (Å²) >= 11 is 11.7. The smallest absolute Gasteiger partial charge is 0.359 e. The zero-order valence-electron chi connectivity index (χ0n) is 12.5. The molecule has 0 aliphatic heterocycles. The number of hydrogen-bond donors (Lipinski definition) is 0. The molecule has 0 unspecified atom stereocenters. The lowest BCUT2D eigenvalue weighted by molar-refractivity contribution is -0.138. The lowest BCUT2D eigenvalue weighted by Crippen LogP contribution is -2.31. The van der Waals surface area contributed by atoms with Gasteiger partial charge in [0.05, 0.1) is 5.02 Å². The van der Waals surface area contributed by atoms with Crippen molar-refractivity contribution >= 4 is 35.1 Å². The van der Waals surface area contributed by atoms with Gasteiger partial charge in [0.2, 0.25) is 6.10 Å². The first-order valence-electron chi connectivity index (χ1n) is 6.69. The van der Waals surface area contributed by atoms with Crippen LogP contribution in [0.5, 0.6) is 0 Å². The Hall–Kier alpha value is -2.11. The second-order valence-electron chi connectivity index (χ2n) is 4.89. The fourth-order valence-corrected chi connectivity index (χ4v) is 2.18. The third-order valence-corrected chi connectivity index (χ3v) is 3.51. The van der Waals surface area contributed by atoms with Crippen molar-refractivity contribution in [3.05, 3.63) is 63.9 Å². The molecule has 1 heterocycles. The molecule has 1 aromatic carbocycles. The molecule has 0 spiro atoms. The number of halogens is 2. The number of aromatic nitrogens is 1. The Morgan fingerprint density at radius 3 is 2.35 bits per heavy atom. The van der Waals surface area contributed by atoms with E-state index in [0.717, 1.165) is 0 Å². The zero-order chi connectivity index (χ0) is 17.0. The summed E-state index contributed by atoms with van der Waals surface area (Å²) in [5.74, 6) is -1.19. The van der Waals surface area contributed by atoms with Crippen molar-refractivity contribution in [2.45, 2.75) is 6.10 Å². The van der Waals surface area contributed by atoms with Crippen molar-refractivity contribution in [3.8, 4) is 0 Å². The van der Waals surface area contributed by atoms with E-state index >= 15 is 0 Å². The number of hydrogen-bond acceptors (Lipinski definition) is 4. The number of ether oxygens (including phenoxy) is 1. The van der Waals surface area contributed by atoms with E-state index in [2.05, 4.69) is 4.98 Å². The summed E-state index contributed by atoms with van der Waals surface area (Å²) in [6.45, 7) is 0. The Balaban J connectivity index is 2.32. The number of esters is 1. The van der Waals surface area contributed by atoms with E-state index in [4.69, 9.17) is 27.9 Å². The third kappa shape index (κ3) is 4.21. The number of nitrogens with zero attached hydrogens (tertiary/aromatic N) is 2. The number of carbonyl (C=O) groups is 2. The molecule has 0 fully saturated rings. The molecule has 0 radical (unpaired) electrons. The summed E-state index contributed by atoms with van der Waals surface area (Å²) < 4.78 is 5.35. The highest BCUT2D eigenvalue weighted by atomic mass is 35.5. The predicted octanol–water partition coefficient (Wildman–Crippen LogP) is 3.37. The minimum Gasteiger partial charge on any atom is -0.443 e. The van der Waals surface area contributed by atoms with E-state index < -0.39 is 12.1 Å². The van der Waals surface area contributed by atoms with Crippen molar-refractivity contribution in [2.75, 3.05) is 14.1 Å². The Morgan fingerprint density at radius 1 is 1.09 bits per heavy atom. The lowest BCUT2D eigenvalue weighted by atomic mass is 10.1. The second-order valence-corrected chi connectivity index (χ2v) is 5.69. The number of pyridine rings is 1. The molecule has 0 bridgehead atoms. The number of likely N-dealkylation sites (N-methyl/N-ethyl adjacent to an activating group) is 1. The molecular weight excluding hydrogens is 339 g/mol. The van der Waals surface area contributed by atoms with Crippen molar-refractivity contribution < 1.29 is 14.3 Å². The average Bonchev–Trinajstić information content (AvgIpc) is 2.54. The third-order valence-electron chi connectivity index (χ3n) is 3.00. The van der Waals surface area contributed by atoms with E-state index in [0.29, 0.717) is 5.56 Å². The summed E-state index contributed by atoms with van der Waals surface area (Å²) in [7, 11) is 3.16. The molecule has 2 rings (SSSR count). The molecule has 0 saturated carbocycles. The first kappa shape index (κ1) is 17.2. The van der Waals surface area contributed by atoms with Gasteiger partial charge in [0.15, 0.2) is 5.69 Å². The number of benzene rings is 1. The quantitative estimate of drug-likeness (QED) is 0.625. The molecule has 23 heavy (non-hydrogen) atoms. The largest absolute Gasteiger partial charge is 0.443 e. The van der Waals surface area contributed by atoms with Crippen LogP contribution in [0.1, 0.15) is 22.2 Å². The van der Waals surface area contributed by atoms with Gasteiger partial charge in [-0.15, -0.1) is 0 Å². The molecule has 5 nitrogen and oxygen atoms in total. The summed E-state index contributed by atoms with van der Waals surface area (Å²) in [5.41, 5.74) is 0.421. The van der Waals surface area contributed by atoms with Crippen molar-refractivity contribution in [2.24, 2.45) is 0 Å². The highest BCUT2D eigenvalue weighted by Gasteiger charge is 2.28. The molecule has 1 amide bonds. The van der Waals surface area contributed by atoms with Crippen molar-refractivity contribution in [1.82, 2.24) is 9.88 Å². The maximum Gasteiger partial charge on any atom is 0.359 e. The van der Waals surface area contributed by atoms with Crippen LogP contribution in [-0.4, -0.2) is 35.9 Å². The second kappa shape index (κ2) is 7.44. The Labute approximate surface area is 143 Å². The van der Waals surface area contributed by atoms with E-state index in [9.17, 15) is 9.59 Å². The standard InChI is InChI=1S/C16H14Cl2N2O3/c1-20(2)15(21)14(10-6-4-3-5-7-10)23-16(22)13-11(17)8-9-12(18)19-13/h3-9,14H,1-2H3/t14-/m1/s1. The van der Waals surface area contributed by atoms with Crippen LogP contribution in [0, 0.1) is 0 Å². The minimum absolute atomic E-state index is 0.100. The predicted molar refractivity (Wildman–Crippen MR) is 87.5 cm³/mol. The monoisotopic (exact) mass is 352 g/mol. The van der Waals surface area contributed by atoms with Crippen LogP contribution >= 0.6 is 23.2 Å². The van der Waals surface area contributed by atoms with E-state index in [1.54, 1.807) is 44.4 Å². The molecule has 7 heteroatoms. The highest BCUT2D eigenvalue weighted by molar-refractivity contribution is 6.34. The van der Waals surface area contributed by atoms with Crippen LogP contribution in [-0.2, 0) is 9.53 Å². The van der Waals surface area contributed by atoms with E-state index in [1.807, 2.05) is 0 Å². The van der Waals surface area contributed by atoms with Crippen LogP contribution < -0.4 is 0 Å². The van der Waals surface area contributed by atoms with Gasteiger partial charge in [-0.1, -0.05) is 53.5 Å². The summed E-state index contributed by atoms with van der Waals surface area (Å²) in [6.07, 6.45) is -1.09. The summed E-state index contributed by atoms with van der Waals surface area (Å²) in [6, 6.07) is 11.6. The molecule has 0 aliphatic rings. The topological polar surface area (TPSA) is 59.5 Å². The first-order valence-corrected chi connectivity index (χ1v) is 7.45. The molecule has 1 aromatic heterocycles. The van der Waals surface area contributed by atoms with Crippen LogP contribution in [0.3, 0.4) is 0 Å². The molecule has 0 N–H and O–H groups in total. The maximum absolute atomic E-state index is 12.3. The lowest BCUT2D eigenvalue weighted by Gasteiger charge is -2.21. The van der Waals surface area contributed by atoms with Crippen molar-refractivity contribution in [3.63, 3.8) is 0 Å². The normalized spacial score (nSPS) is 11.7. The zero-order valence-corrected chi connectivity index (χ0v) is 14.0. The highest BCUT2D eigenvalue weighted by Crippen LogP contribution is 2.24. The first-order chi connectivity index (χ1) is 10.9. The summed E-state index contributed by atoms with van der Waals surface area (Å²) in [4.78, 5) is 29.9. The molecular formula is C16H14Cl2N2O3. The van der Waals surface area contributed by atoms with Gasteiger partial charge >= 0.3 is 5.97 Å². The van der Waals surface area contributed by atoms with Crippen LogP contribution in [0.15, 0.2) is 42.5 Å². The van der Waals surface area contributed by atoms with Gasteiger partial charge in [-0.25, -0.2) is 9.78 Å². The van der Waals surface area contributed by atoms with Crippen LogP contribution in [0.25, 0.3) is 0 Å². The Kier molecular flexibility index (Phi) is 5.58. The number of rotatable bonds is 4.